The lowest BCUT2D eigenvalue weighted by Crippen LogP contribution is -2.44. The van der Waals surface area contributed by atoms with Gasteiger partial charge < -0.3 is 20.3 Å². The Hall–Kier alpha value is -1.75. The highest BCUT2D eigenvalue weighted by Gasteiger charge is 2.21. The maximum atomic E-state index is 11.9. The molecular weight excluding hydrogens is 234 g/mol. The zero-order valence-corrected chi connectivity index (χ0v) is 10.9. The van der Waals surface area contributed by atoms with Crippen molar-refractivity contribution in [1.29, 1.82) is 0 Å². The molecule has 0 aliphatic heterocycles. The molecule has 0 heterocycles. The molecule has 0 unspecified atom stereocenters. The molecule has 100 valence electrons. The molecule has 0 radical (unpaired) electrons. The normalized spacial score (nSPS) is 11.1. The third-order valence-corrected chi connectivity index (χ3v) is 2.63. The molecule has 0 atom stereocenters. The van der Waals surface area contributed by atoms with Crippen LogP contribution in [-0.4, -0.2) is 35.4 Å². The van der Waals surface area contributed by atoms with E-state index in [-0.39, 0.29) is 18.3 Å². The fourth-order valence-corrected chi connectivity index (χ4v) is 1.55. The van der Waals surface area contributed by atoms with Crippen molar-refractivity contribution in [1.82, 2.24) is 5.32 Å². The van der Waals surface area contributed by atoms with Crippen LogP contribution in [0.5, 0.6) is 11.5 Å². The Morgan fingerprint density at radius 1 is 1.44 bits per heavy atom. The highest BCUT2D eigenvalue weighted by molar-refractivity contribution is 5.95. The van der Waals surface area contributed by atoms with Gasteiger partial charge in [-0.3, -0.25) is 4.79 Å². The first-order valence-corrected chi connectivity index (χ1v) is 5.70. The molecule has 5 heteroatoms. The Balaban J connectivity index is 2.82. The van der Waals surface area contributed by atoms with Gasteiger partial charge >= 0.3 is 0 Å². The van der Waals surface area contributed by atoms with Crippen LogP contribution < -0.4 is 10.1 Å². The molecule has 0 saturated heterocycles. The highest BCUT2D eigenvalue weighted by Crippen LogP contribution is 2.26. The molecule has 1 amide bonds. The van der Waals surface area contributed by atoms with Crippen molar-refractivity contribution in [3.8, 4) is 11.5 Å². The molecule has 0 aliphatic rings. The van der Waals surface area contributed by atoms with Gasteiger partial charge in [-0.1, -0.05) is 0 Å². The van der Waals surface area contributed by atoms with E-state index in [0.29, 0.717) is 17.7 Å². The second kappa shape index (κ2) is 5.73. The lowest BCUT2D eigenvalue weighted by molar-refractivity contribution is 0.0899. The van der Waals surface area contributed by atoms with Gasteiger partial charge in [-0.15, -0.1) is 0 Å². The summed E-state index contributed by atoms with van der Waals surface area (Å²) in [5.41, 5.74) is -0.152. The van der Waals surface area contributed by atoms with Crippen molar-refractivity contribution in [2.75, 3.05) is 13.7 Å². The van der Waals surface area contributed by atoms with Crippen LogP contribution in [0.15, 0.2) is 18.2 Å². The quantitative estimate of drug-likeness (QED) is 0.739. The summed E-state index contributed by atoms with van der Waals surface area (Å²) in [5, 5.41) is 21.3. The number of benzene rings is 1. The molecule has 1 aromatic carbocycles. The minimum atomic E-state index is -0.499. The third-order valence-electron chi connectivity index (χ3n) is 2.63. The SMILES string of the molecule is COc1ccc(C(=O)NC(C)(C)CCO)cc1O. The standard InChI is InChI=1S/C13H19NO4/c1-13(2,6-7-15)14-12(17)9-4-5-11(18-3)10(16)8-9/h4-5,8,15-16H,6-7H2,1-3H3,(H,14,17). The summed E-state index contributed by atoms with van der Waals surface area (Å²) in [6, 6.07) is 4.45. The van der Waals surface area contributed by atoms with E-state index in [0.717, 1.165) is 0 Å². The molecule has 5 nitrogen and oxygen atoms in total. The zero-order valence-electron chi connectivity index (χ0n) is 10.9. The summed E-state index contributed by atoms with van der Waals surface area (Å²) in [7, 11) is 1.44. The molecule has 0 saturated carbocycles. The van der Waals surface area contributed by atoms with Crippen LogP contribution in [0.4, 0.5) is 0 Å². The van der Waals surface area contributed by atoms with Crippen LogP contribution in [-0.2, 0) is 0 Å². The molecule has 1 aromatic rings. The Kier molecular flexibility index (Phi) is 4.55. The van der Waals surface area contributed by atoms with Crippen molar-refractivity contribution in [2.45, 2.75) is 25.8 Å². The number of nitrogens with one attached hydrogen (secondary N) is 1. The number of carbonyl (C=O) groups excluding carboxylic acids is 1. The number of ether oxygens (including phenoxy) is 1. The number of aliphatic hydroxyl groups excluding tert-OH is 1. The van der Waals surface area contributed by atoms with Gasteiger partial charge in [-0.2, -0.15) is 0 Å². The summed E-state index contributed by atoms with van der Waals surface area (Å²) in [6.45, 7) is 3.65. The van der Waals surface area contributed by atoms with E-state index in [2.05, 4.69) is 5.32 Å². The second-order valence-electron chi connectivity index (χ2n) is 4.70. The first-order valence-electron chi connectivity index (χ1n) is 5.70. The van der Waals surface area contributed by atoms with Crippen molar-refractivity contribution >= 4 is 5.91 Å². The number of phenols is 1. The number of aromatic hydroxyl groups is 1. The van der Waals surface area contributed by atoms with Gasteiger partial charge in [0.2, 0.25) is 0 Å². The number of carbonyl (C=O) groups is 1. The number of amides is 1. The van der Waals surface area contributed by atoms with Crippen LogP contribution in [0.25, 0.3) is 0 Å². The number of hydrogen-bond donors (Lipinski definition) is 3. The molecule has 3 N–H and O–H groups in total. The Morgan fingerprint density at radius 3 is 2.61 bits per heavy atom. The molecule has 18 heavy (non-hydrogen) atoms. The van der Waals surface area contributed by atoms with E-state index in [1.54, 1.807) is 6.07 Å². The van der Waals surface area contributed by atoms with Gasteiger partial charge in [0.1, 0.15) is 0 Å². The summed E-state index contributed by atoms with van der Waals surface area (Å²) >= 11 is 0. The van der Waals surface area contributed by atoms with Crippen LogP contribution in [0.1, 0.15) is 30.6 Å². The molecule has 0 aliphatic carbocycles. The van der Waals surface area contributed by atoms with Gasteiger partial charge in [0.25, 0.3) is 5.91 Å². The monoisotopic (exact) mass is 253 g/mol. The van der Waals surface area contributed by atoms with E-state index in [1.165, 1.54) is 19.2 Å². The number of methoxy groups -OCH3 is 1. The second-order valence-corrected chi connectivity index (χ2v) is 4.70. The molecule has 0 fully saturated rings. The molecule has 0 aromatic heterocycles. The lowest BCUT2D eigenvalue weighted by Gasteiger charge is -2.25. The van der Waals surface area contributed by atoms with E-state index < -0.39 is 5.54 Å². The third kappa shape index (κ3) is 3.63. The predicted octanol–water partition coefficient (Wildman–Crippen LogP) is 1.29. The van der Waals surface area contributed by atoms with Crippen molar-refractivity contribution < 1.29 is 19.7 Å². The summed E-state index contributed by atoms with van der Waals surface area (Å²) in [6.07, 6.45) is 0.459. The topological polar surface area (TPSA) is 78.8 Å². The van der Waals surface area contributed by atoms with E-state index in [4.69, 9.17) is 9.84 Å². The smallest absolute Gasteiger partial charge is 0.251 e. The van der Waals surface area contributed by atoms with Gasteiger partial charge in [-0.25, -0.2) is 0 Å². The predicted molar refractivity (Wildman–Crippen MR) is 67.9 cm³/mol. The Labute approximate surface area is 106 Å². The zero-order chi connectivity index (χ0) is 13.8. The summed E-state index contributed by atoms with van der Waals surface area (Å²) in [4.78, 5) is 11.9. The molecule has 0 bridgehead atoms. The van der Waals surface area contributed by atoms with E-state index in [9.17, 15) is 9.90 Å². The Bertz CT molecular complexity index is 429. The summed E-state index contributed by atoms with van der Waals surface area (Å²) < 4.78 is 4.90. The first kappa shape index (κ1) is 14.3. The number of hydrogen-bond acceptors (Lipinski definition) is 4. The number of rotatable bonds is 5. The van der Waals surface area contributed by atoms with Crippen molar-refractivity contribution in [3.05, 3.63) is 23.8 Å². The Morgan fingerprint density at radius 2 is 2.11 bits per heavy atom. The van der Waals surface area contributed by atoms with Crippen LogP contribution in [0.3, 0.4) is 0 Å². The fraction of sp³-hybridized carbons (Fsp3) is 0.462. The lowest BCUT2D eigenvalue weighted by atomic mass is 10.0. The average Bonchev–Trinajstić information content (AvgIpc) is 2.28. The van der Waals surface area contributed by atoms with Gasteiger partial charge in [0.05, 0.1) is 7.11 Å². The molecule has 0 spiro atoms. The molecular formula is C13H19NO4. The minimum absolute atomic E-state index is 0.00113. The maximum absolute atomic E-state index is 11.9. The van der Waals surface area contributed by atoms with E-state index >= 15 is 0 Å². The van der Waals surface area contributed by atoms with Crippen LogP contribution in [0.2, 0.25) is 0 Å². The maximum Gasteiger partial charge on any atom is 0.251 e. The fourth-order valence-electron chi connectivity index (χ4n) is 1.55. The number of aliphatic hydroxyl groups is 1. The van der Waals surface area contributed by atoms with Crippen LogP contribution >= 0.6 is 0 Å². The van der Waals surface area contributed by atoms with E-state index in [1.807, 2.05) is 13.8 Å². The van der Waals surface area contributed by atoms with Gasteiger partial charge in [0, 0.05) is 17.7 Å². The van der Waals surface area contributed by atoms with Crippen LogP contribution in [0, 0.1) is 0 Å². The minimum Gasteiger partial charge on any atom is -0.504 e. The number of phenolic OH excluding ortho intramolecular Hbond substituents is 1. The summed E-state index contributed by atoms with van der Waals surface area (Å²) in [5.74, 6) is -0.0577. The van der Waals surface area contributed by atoms with Crippen molar-refractivity contribution in [2.24, 2.45) is 0 Å². The highest BCUT2D eigenvalue weighted by atomic mass is 16.5. The average molecular weight is 253 g/mol. The van der Waals surface area contributed by atoms with Gasteiger partial charge in [-0.05, 0) is 38.5 Å². The first-order chi connectivity index (χ1) is 8.39. The molecule has 1 rings (SSSR count). The van der Waals surface area contributed by atoms with Crippen molar-refractivity contribution in [3.63, 3.8) is 0 Å². The largest absolute Gasteiger partial charge is 0.504 e. The van der Waals surface area contributed by atoms with Gasteiger partial charge in [0.15, 0.2) is 11.5 Å².